The van der Waals surface area contributed by atoms with Crippen LogP contribution in [0, 0.1) is 23.7 Å². The number of hydrogen-bond donors (Lipinski definition) is 6. The Labute approximate surface area is 258 Å². The van der Waals surface area contributed by atoms with E-state index < -0.39 is 53.9 Å². The summed E-state index contributed by atoms with van der Waals surface area (Å²) in [4.78, 5) is 13.0. The molecule has 0 radical (unpaired) electrons. The molecular weight excluding hydrogens is 552 g/mol. The maximum absolute atomic E-state index is 13.0. The van der Waals surface area contributed by atoms with Gasteiger partial charge in [0.25, 0.3) is 0 Å². The van der Waals surface area contributed by atoms with Gasteiger partial charge < -0.3 is 39.8 Å². The molecule has 6 N–H and O–H groups in total. The summed E-state index contributed by atoms with van der Waals surface area (Å²) in [5.74, 6) is 1.36. The zero-order chi connectivity index (χ0) is 32.3. The van der Waals surface area contributed by atoms with Crippen molar-refractivity contribution in [3.05, 3.63) is 27.8 Å². The van der Waals surface area contributed by atoms with E-state index in [-0.39, 0.29) is 36.2 Å². The molecule has 1 aliphatic rings. The van der Waals surface area contributed by atoms with Crippen LogP contribution >= 0.6 is 0 Å². The first-order valence-electron chi connectivity index (χ1n) is 16.5. The van der Waals surface area contributed by atoms with Crippen LogP contribution in [0.5, 0.6) is 5.75 Å². The standard InChI is InChI=1S/C34H60O9/c1-7-8-9-10-11-21(2)14-23(4)16-24(19-35)15-22(3)12-13-28(39)34(5,6)29-18-26(37)30(33(41)43-29)32-31(40)27(38)17-25(20-36)42-32/h18,21-25,27-28,31-32,35-40H,7-17,19-20H2,1-6H3/t21?,22?,23?,24?,25-,27-,28?,31+,32-/m0/s1. The normalized spacial score (nSPS) is 24.8. The van der Waals surface area contributed by atoms with Crippen LogP contribution in [0.3, 0.4) is 0 Å². The first-order valence-corrected chi connectivity index (χ1v) is 16.5. The van der Waals surface area contributed by atoms with Gasteiger partial charge in [0.15, 0.2) is 0 Å². The van der Waals surface area contributed by atoms with E-state index in [1.807, 2.05) is 0 Å². The molecule has 250 valence electrons. The van der Waals surface area contributed by atoms with Crippen LogP contribution in [0.15, 0.2) is 15.3 Å². The number of unbranched alkanes of at least 4 members (excludes halogenated alkanes) is 3. The van der Waals surface area contributed by atoms with Crippen LogP contribution in [0.25, 0.3) is 0 Å². The summed E-state index contributed by atoms with van der Waals surface area (Å²) in [5.41, 5.74) is -2.28. The molecule has 2 rings (SSSR count). The Bertz CT molecular complexity index is 993. The van der Waals surface area contributed by atoms with Gasteiger partial charge in [-0.2, -0.15) is 0 Å². The van der Waals surface area contributed by atoms with Crippen LogP contribution in [-0.2, 0) is 10.2 Å². The molecule has 1 fully saturated rings. The monoisotopic (exact) mass is 612 g/mol. The summed E-state index contributed by atoms with van der Waals surface area (Å²) in [7, 11) is 0. The van der Waals surface area contributed by atoms with E-state index >= 15 is 0 Å². The van der Waals surface area contributed by atoms with Crippen LogP contribution in [-0.4, -0.2) is 68.3 Å². The number of hydrogen-bond acceptors (Lipinski definition) is 9. The Balaban J connectivity index is 1.96. The fourth-order valence-electron chi connectivity index (χ4n) is 6.67. The molecule has 0 spiro atoms. The van der Waals surface area contributed by atoms with Gasteiger partial charge in [-0.25, -0.2) is 4.79 Å². The SMILES string of the molecule is CCCCCCC(C)CC(C)CC(CO)CC(C)CCC(O)C(C)(C)c1cc(O)c([C@@H]2O[C@H](CO)C[C@H](O)[C@H]2O)c(=O)o1. The minimum absolute atomic E-state index is 0.00747. The van der Waals surface area contributed by atoms with Crippen molar-refractivity contribution >= 4 is 0 Å². The minimum atomic E-state index is -1.48. The highest BCUT2D eigenvalue weighted by molar-refractivity contribution is 5.35. The van der Waals surface area contributed by atoms with Crippen LogP contribution in [0.1, 0.15) is 130 Å². The molecule has 1 aliphatic heterocycles. The molecule has 0 amide bonds. The summed E-state index contributed by atoms with van der Waals surface area (Å²) in [5, 5.41) is 62.0. The van der Waals surface area contributed by atoms with Crippen molar-refractivity contribution < 1.29 is 39.8 Å². The van der Waals surface area contributed by atoms with Gasteiger partial charge in [-0.3, -0.25) is 0 Å². The van der Waals surface area contributed by atoms with Crippen LogP contribution in [0.4, 0.5) is 0 Å². The zero-order valence-electron chi connectivity index (χ0n) is 27.4. The third-order valence-electron chi connectivity index (χ3n) is 9.49. The average Bonchev–Trinajstić information content (AvgIpc) is 2.95. The van der Waals surface area contributed by atoms with Crippen molar-refractivity contribution in [1.82, 2.24) is 0 Å². The van der Waals surface area contributed by atoms with Gasteiger partial charge in [-0.1, -0.05) is 73.6 Å². The number of aromatic hydroxyl groups is 1. The second kappa shape index (κ2) is 17.9. The molecule has 1 aromatic heterocycles. The van der Waals surface area contributed by atoms with Crippen molar-refractivity contribution in [1.29, 1.82) is 0 Å². The third-order valence-corrected chi connectivity index (χ3v) is 9.49. The maximum atomic E-state index is 13.0. The molecule has 0 aromatic carbocycles. The van der Waals surface area contributed by atoms with Crippen LogP contribution < -0.4 is 5.63 Å². The molecule has 1 saturated heterocycles. The van der Waals surface area contributed by atoms with Gasteiger partial charge in [0.05, 0.1) is 24.9 Å². The van der Waals surface area contributed by atoms with E-state index in [2.05, 4.69) is 27.7 Å². The maximum Gasteiger partial charge on any atom is 0.345 e. The lowest BCUT2D eigenvalue weighted by atomic mass is 9.78. The highest BCUT2D eigenvalue weighted by Gasteiger charge is 2.42. The average molecular weight is 613 g/mol. The highest BCUT2D eigenvalue weighted by Crippen LogP contribution is 2.38. The van der Waals surface area contributed by atoms with E-state index in [0.717, 1.165) is 19.3 Å². The van der Waals surface area contributed by atoms with Crippen molar-refractivity contribution in [2.45, 2.75) is 148 Å². The molecule has 9 atom stereocenters. The minimum Gasteiger partial charge on any atom is -0.507 e. The van der Waals surface area contributed by atoms with E-state index in [0.29, 0.717) is 18.3 Å². The Kier molecular flexibility index (Phi) is 15.7. The lowest BCUT2D eigenvalue weighted by molar-refractivity contribution is -0.180. The molecule has 2 heterocycles. The van der Waals surface area contributed by atoms with Crippen LogP contribution in [0.2, 0.25) is 0 Å². The highest BCUT2D eigenvalue weighted by atomic mass is 16.5. The summed E-state index contributed by atoms with van der Waals surface area (Å²) in [6.45, 7) is 12.2. The number of aliphatic hydroxyl groups excluding tert-OH is 5. The zero-order valence-corrected chi connectivity index (χ0v) is 27.4. The quantitative estimate of drug-likeness (QED) is 0.119. The largest absolute Gasteiger partial charge is 0.507 e. The smallest absolute Gasteiger partial charge is 0.345 e. The fourth-order valence-corrected chi connectivity index (χ4v) is 6.67. The van der Waals surface area contributed by atoms with Gasteiger partial charge in [0.1, 0.15) is 29.3 Å². The van der Waals surface area contributed by atoms with Gasteiger partial charge in [-0.15, -0.1) is 0 Å². The molecule has 5 unspecified atom stereocenters. The second-order valence-corrected chi connectivity index (χ2v) is 14.1. The van der Waals surface area contributed by atoms with Crippen molar-refractivity contribution in [3.8, 4) is 5.75 Å². The number of ether oxygens (including phenoxy) is 1. The molecule has 9 nitrogen and oxygen atoms in total. The van der Waals surface area contributed by atoms with E-state index in [4.69, 9.17) is 9.15 Å². The molecule has 0 saturated carbocycles. The molecular formula is C34H60O9. The van der Waals surface area contributed by atoms with Gasteiger partial charge in [0.2, 0.25) is 0 Å². The Hall–Kier alpha value is -1.49. The Morgan fingerprint density at radius 1 is 0.953 bits per heavy atom. The van der Waals surface area contributed by atoms with Gasteiger partial charge in [-0.05, 0) is 55.8 Å². The number of aliphatic hydroxyl groups is 5. The van der Waals surface area contributed by atoms with Crippen molar-refractivity contribution in [2.24, 2.45) is 23.7 Å². The van der Waals surface area contributed by atoms with E-state index in [1.54, 1.807) is 13.8 Å². The van der Waals surface area contributed by atoms with Gasteiger partial charge in [0, 0.05) is 24.5 Å². The first-order chi connectivity index (χ1) is 20.2. The van der Waals surface area contributed by atoms with Crippen molar-refractivity contribution in [2.75, 3.05) is 13.2 Å². The molecule has 9 heteroatoms. The molecule has 0 aliphatic carbocycles. The topological polar surface area (TPSA) is 161 Å². The van der Waals surface area contributed by atoms with E-state index in [1.165, 1.54) is 44.6 Å². The number of rotatable bonds is 19. The molecule has 1 aromatic rings. The lowest BCUT2D eigenvalue weighted by Crippen LogP contribution is -2.46. The van der Waals surface area contributed by atoms with Crippen molar-refractivity contribution in [3.63, 3.8) is 0 Å². The lowest BCUT2D eigenvalue weighted by Gasteiger charge is -2.36. The Morgan fingerprint density at radius 2 is 1.60 bits per heavy atom. The predicted octanol–water partition coefficient (Wildman–Crippen LogP) is 4.97. The first kappa shape index (κ1) is 37.7. The second-order valence-electron chi connectivity index (χ2n) is 14.1. The summed E-state index contributed by atoms with van der Waals surface area (Å²) < 4.78 is 11.1. The fraction of sp³-hybridized carbons (Fsp3) is 0.853. The summed E-state index contributed by atoms with van der Waals surface area (Å²) in [6.07, 6.45) is 4.85. The summed E-state index contributed by atoms with van der Waals surface area (Å²) >= 11 is 0. The van der Waals surface area contributed by atoms with E-state index in [9.17, 15) is 35.4 Å². The third kappa shape index (κ3) is 11.1. The Morgan fingerprint density at radius 3 is 2.21 bits per heavy atom. The molecule has 43 heavy (non-hydrogen) atoms. The predicted molar refractivity (Wildman–Crippen MR) is 167 cm³/mol. The molecule has 0 bridgehead atoms. The van der Waals surface area contributed by atoms with Gasteiger partial charge >= 0.3 is 5.63 Å². The summed E-state index contributed by atoms with van der Waals surface area (Å²) in [6, 6.07) is 1.25.